The number of carbonyl (C=O) groups excluding carboxylic acids is 1. The first kappa shape index (κ1) is 17.3. The molecule has 3 nitrogen and oxygen atoms in total. The number of halogens is 3. The Morgan fingerprint density at radius 3 is 2.20 bits per heavy atom. The highest BCUT2D eigenvalue weighted by Gasteiger charge is 2.52. The minimum atomic E-state index is -4.44. The van der Waals surface area contributed by atoms with Crippen LogP contribution in [0.3, 0.4) is 0 Å². The highest BCUT2D eigenvalue weighted by Crippen LogP contribution is 2.42. The highest BCUT2D eigenvalue weighted by atomic mass is 19.4. The number of benzene rings is 2. The summed E-state index contributed by atoms with van der Waals surface area (Å²) < 4.78 is 44.7. The van der Waals surface area contributed by atoms with E-state index in [9.17, 15) is 18.0 Å². The number of cyclic esters (lactones) is 1. The summed E-state index contributed by atoms with van der Waals surface area (Å²) in [6.45, 7) is 0.206. The molecular formula is C19H18F3NO2. The normalized spacial score (nSPS) is 20.6. The van der Waals surface area contributed by atoms with Crippen LogP contribution >= 0.6 is 0 Å². The summed E-state index contributed by atoms with van der Waals surface area (Å²) >= 11 is 0. The molecule has 3 rings (SSSR count). The summed E-state index contributed by atoms with van der Waals surface area (Å²) in [4.78, 5) is 13.6. The van der Waals surface area contributed by atoms with Crippen LogP contribution in [-0.2, 0) is 16.8 Å². The lowest BCUT2D eigenvalue weighted by Gasteiger charge is -2.28. The van der Waals surface area contributed by atoms with Crippen molar-refractivity contribution in [3.05, 3.63) is 71.8 Å². The predicted octanol–water partition coefficient (Wildman–Crippen LogP) is 4.53. The Morgan fingerprint density at radius 1 is 1.00 bits per heavy atom. The number of rotatable bonds is 5. The SMILES string of the molecule is O=C1OC(CC(F)(F)F)(c2ccccc2)CN1CCc1ccccc1. The molecule has 25 heavy (non-hydrogen) atoms. The largest absolute Gasteiger partial charge is 0.436 e. The predicted molar refractivity (Wildman–Crippen MR) is 87.0 cm³/mol. The van der Waals surface area contributed by atoms with Gasteiger partial charge in [-0.05, 0) is 17.5 Å². The molecule has 1 amide bonds. The van der Waals surface area contributed by atoms with Crippen LogP contribution in [0.4, 0.5) is 18.0 Å². The Hall–Kier alpha value is -2.50. The number of hydrogen-bond acceptors (Lipinski definition) is 2. The quantitative estimate of drug-likeness (QED) is 0.794. The third-order valence-corrected chi connectivity index (χ3v) is 4.29. The maximum atomic E-state index is 13.1. The Bertz CT molecular complexity index is 718. The van der Waals surface area contributed by atoms with Crippen molar-refractivity contribution in [1.82, 2.24) is 4.90 Å². The molecule has 0 aromatic heterocycles. The summed E-state index contributed by atoms with van der Waals surface area (Å²) in [7, 11) is 0. The molecule has 1 fully saturated rings. The van der Waals surface area contributed by atoms with E-state index in [0.29, 0.717) is 18.5 Å². The molecule has 0 bridgehead atoms. The second-order valence-electron chi connectivity index (χ2n) is 6.18. The summed E-state index contributed by atoms with van der Waals surface area (Å²) in [5, 5.41) is 0. The lowest BCUT2D eigenvalue weighted by molar-refractivity contribution is -0.171. The molecule has 0 radical (unpaired) electrons. The average Bonchev–Trinajstić information content (AvgIpc) is 2.89. The Labute approximate surface area is 144 Å². The molecular weight excluding hydrogens is 331 g/mol. The van der Waals surface area contributed by atoms with E-state index in [1.165, 1.54) is 4.90 Å². The molecule has 6 heteroatoms. The van der Waals surface area contributed by atoms with Crippen molar-refractivity contribution in [2.24, 2.45) is 0 Å². The molecule has 0 N–H and O–H groups in total. The van der Waals surface area contributed by atoms with Gasteiger partial charge in [0.2, 0.25) is 0 Å². The van der Waals surface area contributed by atoms with Gasteiger partial charge in [-0.15, -0.1) is 0 Å². The van der Waals surface area contributed by atoms with Crippen molar-refractivity contribution in [3.63, 3.8) is 0 Å². The lowest BCUT2D eigenvalue weighted by atomic mass is 9.90. The summed E-state index contributed by atoms with van der Waals surface area (Å²) in [5.74, 6) is 0. The smallest absolute Gasteiger partial charge is 0.410 e. The fraction of sp³-hybridized carbons (Fsp3) is 0.316. The zero-order chi connectivity index (χ0) is 17.9. The van der Waals surface area contributed by atoms with E-state index in [-0.39, 0.29) is 6.54 Å². The van der Waals surface area contributed by atoms with Crippen molar-refractivity contribution in [1.29, 1.82) is 0 Å². The highest BCUT2D eigenvalue weighted by molar-refractivity contribution is 5.71. The van der Waals surface area contributed by atoms with Gasteiger partial charge in [-0.25, -0.2) is 4.79 Å². The number of alkyl halides is 3. The molecule has 0 aliphatic carbocycles. The van der Waals surface area contributed by atoms with Crippen LogP contribution < -0.4 is 0 Å². The zero-order valence-corrected chi connectivity index (χ0v) is 13.5. The third kappa shape index (κ3) is 4.13. The van der Waals surface area contributed by atoms with Gasteiger partial charge in [0.05, 0.1) is 13.0 Å². The maximum absolute atomic E-state index is 13.1. The van der Waals surface area contributed by atoms with Crippen LogP contribution in [0.2, 0.25) is 0 Å². The van der Waals surface area contributed by atoms with Gasteiger partial charge >= 0.3 is 12.3 Å². The monoisotopic (exact) mass is 349 g/mol. The van der Waals surface area contributed by atoms with Gasteiger partial charge in [-0.3, -0.25) is 0 Å². The third-order valence-electron chi connectivity index (χ3n) is 4.29. The van der Waals surface area contributed by atoms with Gasteiger partial charge in [-0.1, -0.05) is 60.7 Å². The number of amides is 1. The molecule has 1 atom stereocenters. The van der Waals surface area contributed by atoms with E-state index < -0.39 is 24.3 Å². The first-order valence-corrected chi connectivity index (χ1v) is 8.02. The molecule has 0 spiro atoms. The molecule has 1 aliphatic heterocycles. The van der Waals surface area contributed by atoms with Crippen LogP contribution in [0.1, 0.15) is 17.5 Å². The zero-order valence-electron chi connectivity index (χ0n) is 13.5. The molecule has 0 saturated carbocycles. The molecule has 1 saturated heterocycles. The summed E-state index contributed by atoms with van der Waals surface area (Å²) in [6.07, 6.45) is -5.78. The number of ether oxygens (including phenoxy) is 1. The van der Waals surface area contributed by atoms with Crippen LogP contribution in [0.15, 0.2) is 60.7 Å². The van der Waals surface area contributed by atoms with Crippen molar-refractivity contribution in [2.45, 2.75) is 24.6 Å². The second kappa shape index (κ2) is 6.78. The van der Waals surface area contributed by atoms with E-state index >= 15 is 0 Å². The fourth-order valence-corrected chi connectivity index (χ4v) is 3.13. The van der Waals surface area contributed by atoms with E-state index in [4.69, 9.17) is 4.74 Å². The van der Waals surface area contributed by atoms with E-state index in [0.717, 1.165) is 5.56 Å². The minimum absolute atomic E-state index is 0.109. The van der Waals surface area contributed by atoms with Gasteiger partial charge in [0, 0.05) is 6.54 Å². The molecule has 132 valence electrons. The van der Waals surface area contributed by atoms with Crippen LogP contribution in [0, 0.1) is 0 Å². The fourth-order valence-electron chi connectivity index (χ4n) is 3.13. The standard InChI is InChI=1S/C19H18F3NO2/c20-19(21,22)13-18(16-9-5-2-6-10-16)14-23(17(24)25-18)12-11-15-7-3-1-4-8-15/h1-10H,11-14H2. The maximum Gasteiger partial charge on any atom is 0.410 e. The van der Waals surface area contributed by atoms with E-state index in [1.54, 1.807) is 30.3 Å². The van der Waals surface area contributed by atoms with Crippen molar-refractivity contribution >= 4 is 6.09 Å². The van der Waals surface area contributed by atoms with Gasteiger partial charge in [0.1, 0.15) is 0 Å². The minimum Gasteiger partial charge on any atom is -0.436 e. The van der Waals surface area contributed by atoms with Crippen LogP contribution in [-0.4, -0.2) is 30.3 Å². The number of carbonyl (C=O) groups is 1. The van der Waals surface area contributed by atoms with Crippen molar-refractivity contribution in [3.8, 4) is 0 Å². The summed E-state index contributed by atoms with van der Waals surface area (Å²) in [6, 6.07) is 17.6. The number of nitrogens with zero attached hydrogens (tertiary/aromatic N) is 1. The van der Waals surface area contributed by atoms with Gasteiger partial charge in [0.15, 0.2) is 5.60 Å². The molecule has 1 unspecified atom stereocenters. The van der Waals surface area contributed by atoms with E-state index in [1.807, 2.05) is 30.3 Å². The average molecular weight is 349 g/mol. The van der Waals surface area contributed by atoms with Gasteiger partial charge < -0.3 is 9.64 Å². The topological polar surface area (TPSA) is 29.5 Å². The number of hydrogen-bond donors (Lipinski definition) is 0. The van der Waals surface area contributed by atoms with Gasteiger partial charge in [-0.2, -0.15) is 13.2 Å². The second-order valence-corrected chi connectivity index (χ2v) is 6.18. The van der Waals surface area contributed by atoms with E-state index in [2.05, 4.69) is 0 Å². The van der Waals surface area contributed by atoms with Crippen LogP contribution in [0.25, 0.3) is 0 Å². The van der Waals surface area contributed by atoms with Crippen LogP contribution in [0.5, 0.6) is 0 Å². The summed E-state index contributed by atoms with van der Waals surface area (Å²) in [5.41, 5.74) is -0.306. The van der Waals surface area contributed by atoms with Crippen molar-refractivity contribution < 1.29 is 22.7 Å². The Kier molecular flexibility index (Phi) is 4.70. The molecule has 1 aliphatic rings. The first-order chi connectivity index (χ1) is 11.9. The lowest BCUT2D eigenvalue weighted by Crippen LogP contribution is -2.37. The molecule has 1 heterocycles. The first-order valence-electron chi connectivity index (χ1n) is 8.02. The molecule has 2 aromatic rings. The molecule has 2 aromatic carbocycles. The van der Waals surface area contributed by atoms with Crippen molar-refractivity contribution in [2.75, 3.05) is 13.1 Å². The van der Waals surface area contributed by atoms with Gasteiger partial charge in [0.25, 0.3) is 0 Å². The Balaban J connectivity index is 1.79. The Morgan fingerprint density at radius 2 is 1.60 bits per heavy atom.